The van der Waals surface area contributed by atoms with Crippen molar-refractivity contribution in [1.82, 2.24) is 14.8 Å². The average Bonchev–Trinajstić information content (AvgIpc) is 3.23. The third kappa shape index (κ3) is 3.14. The van der Waals surface area contributed by atoms with Crippen molar-refractivity contribution in [3.8, 4) is 11.1 Å². The van der Waals surface area contributed by atoms with Crippen molar-refractivity contribution in [3.05, 3.63) is 87.6 Å². The summed E-state index contributed by atoms with van der Waals surface area (Å²) in [5, 5.41) is 8.44. The summed E-state index contributed by atoms with van der Waals surface area (Å²) < 4.78 is 1.55. The van der Waals surface area contributed by atoms with Crippen LogP contribution in [0.25, 0.3) is 21.9 Å². The number of carbonyl (C=O) groups is 1. The van der Waals surface area contributed by atoms with E-state index in [0.717, 1.165) is 16.7 Å². The van der Waals surface area contributed by atoms with Gasteiger partial charge < -0.3 is 0 Å². The molecule has 0 atom stereocenters. The highest BCUT2D eigenvalue weighted by molar-refractivity contribution is 6.31. The number of ketones is 1. The van der Waals surface area contributed by atoms with Crippen molar-refractivity contribution in [3.63, 3.8) is 0 Å². The Morgan fingerprint density at radius 3 is 2.61 bits per heavy atom. The number of Topliss-reactive ketones (excluding diaryl/α,β-unsaturated/α-hetero) is 1. The molecular formula is C22H18ClN3O2. The summed E-state index contributed by atoms with van der Waals surface area (Å²) in [6.45, 7) is 2.06. The molecular weight excluding hydrogens is 374 g/mol. The van der Waals surface area contributed by atoms with Crippen molar-refractivity contribution in [1.29, 1.82) is 0 Å². The standard InChI is InChI=1S/C22H18ClN3O2/c1-2-19(27)21-20(15-6-4-3-5-7-15)18-10-16(23)8-9-17(18)22(28)26(21)13-14-11-24-25-12-14/h3-12H,2,13H2,1H3,(H,24,25). The third-order valence-corrected chi connectivity index (χ3v) is 5.01. The monoisotopic (exact) mass is 391 g/mol. The molecule has 2 heterocycles. The van der Waals surface area contributed by atoms with Crippen LogP contribution in [0.3, 0.4) is 0 Å². The fourth-order valence-electron chi connectivity index (χ4n) is 3.47. The van der Waals surface area contributed by atoms with Gasteiger partial charge in [-0.25, -0.2) is 0 Å². The van der Waals surface area contributed by atoms with Gasteiger partial charge in [0.25, 0.3) is 5.56 Å². The summed E-state index contributed by atoms with van der Waals surface area (Å²) >= 11 is 6.24. The molecule has 0 aliphatic rings. The minimum atomic E-state index is -0.218. The number of H-pyrrole nitrogens is 1. The highest BCUT2D eigenvalue weighted by atomic mass is 35.5. The molecule has 0 saturated heterocycles. The van der Waals surface area contributed by atoms with Crippen molar-refractivity contribution in [2.24, 2.45) is 0 Å². The van der Waals surface area contributed by atoms with Crippen LogP contribution >= 0.6 is 11.6 Å². The molecule has 4 rings (SSSR count). The quantitative estimate of drug-likeness (QED) is 0.502. The fourth-order valence-corrected chi connectivity index (χ4v) is 3.64. The van der Waals surface area contributed by atoms with E-state index in [4.69, 9.17) is 11.6 Å². The van der Waals surface area contributed by atoms with Crippen molar-refractivity contribution < 1.29 is 4.79 Å². The number of carbonyl (C=O) groups excluding carboxylic acids is 1. The van der Waals surface area contributed by atoms with Crippen LogP contribution in [0.2, 0.25) is 5.02 Å². The Bertz CT molecular complexity index is 1210. The fraction of sp³-hybridized carbons (Fsp3) is 0.136. The number of hydrogen-bond acceptors (Lipinski definition) is 3. The lowest BCUT2D eigenvalue weighted by atomic mass is 9.94. The molecule has 0 aliphatic heterocycles. The minimum absolute atomic E-state index is 0.0960. The van der Waals surface area contributed by atoms with Crippen LogP contribution in [-0.2, 0) is 6.54 Å². The summed E-state index contributed by atoms with van der Waals surface area (Å²) in [5.74, 6) is -0.0960. The number of nitrogens with zero attached hydrogens (tertiary/aromatic N) is 2. The average molecular weight is 392 g/mol. The van der Waals surface area contributed by atoms with Crippen LogP contribution in [0.4, 0.5) is 0 Å². The van der Waals surface area contributed by atoms with Gasteiger partial charge in [-0.05, 0) is 29.1 Å². The van der Waals surface area contributed by atoms with E-state index in [0.29, 0.717) is 21.5 Å². The van der Waals surface area contributed by atoms with Gasteiger partial charge >= 0.3 is 0 Å². The van der Waals surface area contributed by atoms with Gasteiger partial charge in [0, 0.05) is 34.2 Å². The first-order valence-electron chi connectivity index (χ1n) is 9.02. The summed E-state index contributed by atoms with van der Waals surface area (Å²) in [4.78, 5) is 26.3. The Labute approximate surface area is 166 Å². The molecule has 0 spiro atoms. The molecule has 0 bridgehead atoms. The zero-order valence-electron chi connectivity index (χ0n) is 15.3. The van der Waals surface area contributed by atoms with Crippen LogP contribution in [-0.4, -0.2) is 20.5 Å². The molecule has 2 aromatic heterocycles. The number of aromatic amines is 1. The number of nitrogens with one attached hydrogen (secondary N) is 1. The smallest absolute Gasteiger partial charge is 0.259 e. The molecule has 5 nitrogen and oxygen atoms in total. The zero-order valence-corrected chi connectivity index (χ0v) is 16.0. The molecule has 0 aliphatic carbocycles. The van der Waals surface area contributed by atoms with E-state index in [9.17, 15) is 9.59 Å². The second-order valence-electron chi connectivity index (χ2n) is 6.55. The highest BCUT2D eigenvalue weighted by Crippen LogP contribution is 2.33. The Morgan fingerprint density at radius 2 is 1.93 bits per heavy atom. The molecule has 0 amide bonds. The lowest BCUT2D eigenvalue weighted by molar-refractivity contribution is 0.0979. The van der Waals surface area contributed by atoms with E-state index >= 15 is 0 Å². The molecule has 2 aromatic carbocycles. The Hall–Kier alpha value is -3.18. The normalized spacial score (nSPS) is 11.1. The van der Waals surface area contributed by atoms with Crippen LogP contribution in [0.15, 0.2) is 65.7 Å². The first-order valence-corrected chi connectivity index (χ1v) is 9.40. The zero-order chi connectivity index (χ0) is 19.7. The number of hydrogen-bond donors (Lipinski definition) is 1. The second-order valence-corrected chi connectivity index (χ2v) is 6.99. The molecule has 6 heteroatoms. The molecule has 4 aromatic rings. The van der Waals surface area contributed by atoms with Crippen molar-refractivity contribution in [2.45, 2.75) is 19.9 Å². The maximum Gasteiger partial charge on any atom is 0.259 e. The van der Waals surface area contributed by atoms with E-state index < -0.39 is 0 Å². The van der Waals surface area contributed by atoms with Crippen LogP contribution in [0.1, 0.15) is 29.4 Å². The van der Waals surface area contributed by atoms with E-state index in [-0.39, 0.29) is 24.3 Å². The maximum atomic E-state index is 13.3. The van der Waals surface area contributed by atoms with Gasteiger partial charge in [-0.1, -0.05) is 48.9 Å². The van der Waals surface area contributed by atoms with Crippen LogP contribution in [0, 0.1) is 0 Å². The Morgan fingerprint density at radius 1 is 1.14 bits per heavy atom. The SMILES string of the molecule is CCC(=O)c1c(-c2ccccc2)c2cc(Cl)ccc2c(=O)n1Cc1cn[nH]c1. The topological polar surface area (TPSA) is 67.8 Å². The van der Waals surface area contributed by atoms with E-state index in [1.54, 1.807) is 42.1 Å². The lowest BCUT2D eigenvalue weighted by Gasteiger charge is -2.19. The van der Waals surface area contributed by atoms with Gasteiger partial charge in [0.2, 0.25) is 0 Å². The summed E-state index contributed by atoms with van der Waals surface area (Å²) in [6.07, 6.45) is 3.67. The van der Waals surface area contributed by atoms with Gasteiger partial charge in [0.15, 0.2) is 5.78 Å². The van der Waals surface area contributed by atoms with E-state index in [1.165, 1.54) is 0 Å². The number of aromatic nitrogens is 3. The van der Waals surface area contributed by atoms with E-state index in [2.05, 4.69) is 10.2 Å². The number of fused-ring (bicyclic) bond motifs is 1. The number of pyridine rings is 1. The second kappa shape index (κ2) is 7.44. The molecule has 0 fully saturated rings. The van der Waals surface area contributed by atoms with Crippen molar-refractivity contribution >= 4 is 28.2 Å². The van der Waals surface area contributed by atoms with Crippen molar-refractivity contribution in [2.75, 3.05) is 0 Å². The predicted octanol–water partition coefficient (Wildman–Crippen LogP) is 4.69. The first kappa shape index (κ1) is 18.2. The summed E-state index contributed by atoms with van der Waals surface area (Å²) in [5.41, 5.74) is 2.60. The molecule has 0 unspecified atom stereocenters. The third-order valence-electron chi connectivity index (χ3n) is 4.78. The largest absolute Gasteiger partial charge is 0.300 e. The number of rotatable bonds is 5. The highest BCUT2D eigenvalue weighted by Gasteiger charge is 2.22. The van der Waals surface area contributed by atoms with E-state index in [1.807, 2.05) is 30.3 Å². The van der Waals surface area contributed by atoms with Gasteiger partial charge in [0.05, 0.1) is 18.4 Å². The van der Waals surface area contributed by atoms with Gasteiger partial charge in [-0.2, -0.15) is 5.10 Å². The first-order chi connectivity index (χ1) is 13.6. The molecule has 0 radical (unpaired) electrons. The molecule has 0 saturated carbocycles. The lowest BCUT2D eigenvalue weighted by Crippen LogP contribution is -2.28. The number of halogens is 1. The molecule has 1 N–H and O–H groups in total. The minimum Gasteiger partial charge on any atom is -0.300 e. The van der Waals surface area contributed by atoms with Crippen LogP contribution in [0.5, 0.6) is 0 Å². The Balaban J connectivity index is 2.16. The van der Waals surface area contributed by atoms with Gasteiger partial charge in [-0.15, -0.1) is 0 Å². The maximum absolute atomic E-state index is 13.3. The molecule has 28 heavy (non-hydrogen) atoms. The van der Waals surface area contributed by atoms with Gasteiger partial charge in [0.1, 0.15) is 0 Å². The van der Waals surface area contributed by atoms with Crippen LogP contribution < -0.4 is 5.56 Å². The van der Waals surface area contributed by atoms with Gasteiger partial charge in [-0.3, -0.25) is 19.3 Å². The number of benzene rings is 2. The summed E-state index contributed by atoms with van der Waals surface area (Å²) in [7, 11) is 0. The molecule has 140 valence electrons. The Kier molecular flexibility index (Phi) is 4.84. The predicted molar refractivity (Wildman–Crippen MR) is 111 cm³/mol. The summed E-state index contributed by atoms with van der Waals surface area (Å²) in [6, 6.07) is 14.8.